The van der Waals surface area contributed by atoms with E-state index in [9.17, 15) is 0 Å². The fraction of sp³-hybridized carbons (Fsp3) is 0.400. The van der Waals surface area contributed by atoms with Crippen LogP contribution >= 0.6 is 11.3 Å². The largest absolute Gasteiger partial charge is 0.374 e. The lowest BCUT2D eigenvalue weighted by atomic mass is 10.1. The molecule has 1 atom stereocenters. The number of thiazole rings is 1. The number of ether oxygens (including phenoxy) is 1. The van der Waals surface area contributed by atoms with E-state index in [0.29, 0.717) is 6.54 Å². The zero-order valence-electron chi connectivity index (χ0n) is 11.4. The number of hydrogen-bond donors (Lipinski definition) is 1. The number of aromatic nitrogens is 1. The summed E-state index contributed by atoms with van der Waals surface area (Å²) in [4.78, 5) is 4.70. The number of rotatable bonds is 6. The van der Waals surface area contributed by atoms with Crippen molar-refractivity contribution < 1.29 is 4.74 Å². The third-order valence-corrected chi connectivity index (χ3v) is 4.03. The van der Waals surface area contributed by atoms with Crippen molar-refractivity contribution in [2.24, 2.45) is 5.73 Å². The Morgan fingerprint density at radius 1 is 1.42 bits per heavy atom. The van der Waals surface area contributed by atoms with Gasteiger partial charge in [0.2, 0.25) is 0 Å². The van der Waals surface area contributed by atoms with E-state index in [2.05, 4.69) is 24.4 Å². The van der Waals surface area contributed by atoms with Crippen molar-refractivity contribution in [1.82, 2.24) is 4.98 Å². The second kappa shape index (κ2) is 6.80. The minimum absolute atomic E-state index is 0.112. The van der Waals surface area contributed by atoms with Gasteiger partial charge in [-0.1, -0.05) is 31.5 Å². The lowest BCUT2D eigenvalue weighted by Gasteiger charge is -2.10. The van der Waals surface area contributed by atoms with Gasteiger partial charge in [-0.25, -0.2) is 4.98 Å². The van der Waals surface area contributed by atoms with Crippen molar-refractivity contribution in [3.63, 3.8) is 0 Å². The molecule has 1 heterocycles. The van der Waals surface area contributed by atoms with E-state index >= 15 is 0 Å². The Balaban J connectivity index is 2.24. The van der Waals surface area contributed by atoms with Crippen LogP contribution in [0.4, 0.5) is 0 Å². The maximum absolute atomic E-state index is 5.67. The molecule has 0 saturated heterocycles. The Labute approximate surface area is 118 Å². The minimum Gasteiger partial charge on any atom is -0.374 e. The predicted molar refractivity (Wildman–Crippen MR) is 80.1 cm³/mol. The van der Waals surface area contributed by atoms with Crippen LogP contribution in [-0.4, -0.2) is 12.1 Å². The third-order valence-electron chi connectivity index (χ3n) is 3.09. The van der Waals surface area contributed by atoms with E-state index in [4.69, 9.17) is 15.5 Å². The molecule has 1 aromatic carbocycles. The van der Waals surface area contributed by atoms with Gasteiger partial charge >= 0.3 is 0 Å². The van der Waals surface area contributed by atoms with Crippen LogP contribution in [0.25, 0.3) is 11.3 Å². The molecule has 2 aromatic rings. The second-order valence-corrected chi connectivity index (χ2v) is 5.38. The normalized spacial score (nSPS) is 12.6. The van der Waals surface area contributed by atoms with Crippen molar-refractivity contribution in [3.8, 4) is 11.3 Å². The molecule has 0 aliphatic rings. The highest BCUT2D eigenvalue weighted by Crippen LogP contribution is 2.29. The first-order chi connectivity index (χ1) is 9.28. The summed E-state index contributed by atoms with van der Waals surface area (Å²) in [6.45, 7) is 2.71. The molecule has 2 rings (SSSR count). The maximum atomic E-state index is 5.67. The van der Waals surface area contributed by atoms with Crippen LogP contribution in [0, 0.1) is 0 Å². The van der Waals surface area contributed by atoms with Crippen LogP contribution in [-0.2, 0) is 11.3 Å². The van der Waals surface area contributed by atoms with Crippen LogP contribution in [0.5, 0.6) is 0 Å². The van der Waals surface area contributed by atoms with E-state index in [1.807, 2.05) is 12.1 Å². The average molecular weight is 276 g/mol. The van der Waals surface area contributed by atoms with E-state index in [0.717, 1.165) is 34.7 Å². The highest BCUT2D eigenvalue weighted by atomic mass is 32.1. The average Bonchev–Trinajstić information content (AvgIpc) is 2.94. The van der Waals surface area contributed by atoms with Gasteiger partial charge in [0.25, 0.3) is 0 Å². The number of hydrogen-bond acceptors (Lipinski definition) is 4. The maximum Gasteiger partial charge on any atom is 0.122 e. The topological polar surface area (TPSA) is 48.1 Å². The van der Waals surface area contributed by atoms with Gasteiger partial charge in [0.1, 0.15) is 11.1 Å². The number of nitrogens with two attached hydrogens (primary N) is 1. The minimum atomic E-state index is 0.112. The molecule has 2 N–H and O–H groups in total. The second-order valence-electron chi connectivity index (χ2n) is 4.49. The Bertz CT molecular complexity index is 524. The molecule has 0 radical (unpaired) electrons. The van der Waals surface area contributed by atoms with Gasteiger partial charge in [-0.2, -0.15) is 0 Å². The summed E-state index contributed by atoms with van der Waals surface area (Å²) in [5.41, 5.74) is 8.93. The van der Waals surface area contributed by atoms with Gasteiger partial charge in [0, 0.05) is 24.6 Å². The summed E-state index contributed by atoms with van der Waals surface area (Å²) in [7, 11) is 1.75. The van der Waals surface area contributed by atoms with Crippen molar-refractivity contribution in [3.05, 3.63) is 40.2 Å². The molecule has 4 heteroatoms. The van der Waals surface area contributed by atoms with Crippen molar-refractivity contribution in [1.29, 1.82) is 0 Å². The van der Waals surface area contributed by atoms with E-state index in [1.165, 1.54) is 0 Å². The quantitative estimate of drug-likeness (QED) is 0.874. The molecule has 19 heavy (non-hydrogen) atoms. The summed E-state index contributed by atoms with van der Waals surface area (Å²) in [6, 6.07) is 8.22. The highest BCUT2D eigenvalue weighted by Gasteiger charge is 2.14. The monoisotopic (exact) mass is 276 g/mol. The zero-order chi connectivity index (χ0) is 13.7. The molecular formula is C15H20N2OS. The summed E-state index contributed by atoms with van der Waals surface area (Å²) < 4.78 is 5.50. The number of benzene rings is 1. The molecule has 1 aromatic heterocycles. The summed E-state index contributed by atoms with van der Waals surface area (Å²) >= 11 is 1.66. The molecule has 1 unspecified atom stereocenters. The lowest BCUT2D eigenvalue weighted by molar-refractivity contribution is 0.0948. The van der Waals surface area contributed by atoms with Gasteiger partial charge in [-0.15, -0.1) is 11.3 Å². The number of nitrogens with zero attached hydrogens (tertiary/aromatic N) is 1. The van der Waals surface area contributed by atoms with E-state index in [-0.39, 0.29) is 6.10 Å². The summed E-state index contributed by atoms with van der Waals surface area (Å²) in [6.07, 6.45) is 2.21. The molecule has 0 bridgehead atoms. The van der Waals surface area contributed by atoms with Gasteiger partial charge in [-0.05, 0) is 18.1 Å². The van der Waals surface area contributed by atoms with Crippen LogP contribution in [0.1, 0.15) is 36.4 Å². The Morgan fingerprint density at radius 3 is 2.95 bits per heavy atom. The third kappa shape index (κ3) is 3.41. The summed E-state index contributed by atoms with van der Waals surface area (Å²) in [5.74, 6) is 0. The van der Waals surface area contributed by atoms with Gasteiger partial charge < -0.3 is 10.5 Å². The molecule has 3 nitrogen and oxygen atoms in total. The smallest absolute Gasteiger partial charge is 0.122 e. The van der Waals surface area contributed by atoms with Crippen molar-refractivity contribution in [2.75, 3.05) is 7.11 Å². The number of methoxy groups -OCH3 is 1. The first kappa shape index (κ1) is 14.2. The molecule has 0 aliphatic carbocycles. The molecule has 102 valence electrons. The van der Waals surface area contributed by atoms with Gasteiger partial charge in [0.15, 0.2) is 0 Å². The standard InChI is InChI=1S/C15H20N2OS/c1-3-5-14(18-2)15-17-13(10-19-15)12-7-4-6-11(8-12)9-16/h4,6-8,10,14H,3,5,9,16H2,1-2H3. The first-order valence-corrected chi connectivity index (χ1v) is 7.44. The Morgan fingerprint density at radius 2 is 2.26 bits per heavy atom. The lowest BCUT2D eigenvalue weighted by Crippen LogP contribution is -2.00. The van der Waals surface area contributed by atoms with E-state index in [1.54, 1.807) is 18.4 Å². The molecule has 0 fully saturated rings. The predicted octanol–water partition coefficient (Wildman–Crippen LogP) is 3.76. The highest BCUT2D eigenvalue weighted by molar-refractivity contribution is 7.10. The molecule has 0 amide bonds. The van der Waals surface area contributed by atoms with Crippen LogP contribution in [0.2, 0.25) is 0 Å². The fourth-order valence-corrected chi connectivity index (χ4v) is 2.97. The van der Waals surface area contributed by atoms with Crippen molar-refractivity contribution >= 4 is 11.3 Å². The molecule has 0 spiro atoms. The Hall–Kier alpha value is -1.23. The van der Waals surface area contributed by atoms with E-state index < -0.39 is 0 Å². The first-order valence-electron chi connectivity index (χ1n) is 6.56. The van der Waals surface area contributed by atoms with Crippen LogP contribution in [0.3, 0.4) is 0 Å². The zero-order valence-corrected chi connectivity index (χ0v) is 12.2. The molecular weight excluding hydrogens is 256 g/mol. The van der Waals surface area contributed by atoms with Crippen LogP contribution < -0.4 is 5.73 Å². The molecule has 0 aliphatic heterocycles. The Kier molecular flexibility index (Phi) is 5.07. The van der Waals surface area contributed by atoms with Crippen LogP contribution in [0.15, 0.2) is 29.6 Å². The van der Waals surface area contributed by atoms with Gasteiger partial charge in [-0.3, -0.25) is 0 Å². The SMILES string of the molecule is CCCC(OC)c1nc(-c2cccc(CN)c2)cs1. The molecule has 0 saturated carbocycles. The van der Waals surface area contributed by atoms with Gasteiger partial charge in [0.05, 0.1) is 5.69 Å². The van der Waals surface area contributed by atoms with Crippen molar-refractivity contribution in [2.45, 2.75) is 32.4 Å². The fourth-order valence-electron chi connectivity index (χ4n) is 2.03. The summed E-state index contributed by atoms with van der Waals surface area (Å²) in [5, 5.41) is 3.14.